The summed E-state index contributed by atoms with van der Waals surface area (Å²) in [4.78, 5) is 0. The maximum Gasteiger partial charge on any atom is 0.128 e. The molecule has 2 heterocycles. The normalized spacial score (nSPS) is 11.3. The zero-order valence-corrected chi connectivity index (χ0v) is 16.8. The molecule has 0 unspecified atom stereocenters. The van der Waals surface area contributed by atoms with Crippen molar-refractivity contribution in [2.75, 3.05) is 6.61 Å². The van der Waals surface area contributed by atoms with Gasteiger partial charge in [-0.3, -0.25) is 0 Å². The molecule has 0 saturated carbocycles. The molecule has 6 heteroatoms. The molecule has 5 rings (SSSR count). The average molecular weight is 415 g/mol. The van der Waals surface area contributed by atoms with Crippen LogP contribution in [-0.2, 0) is 6.54 Å². The van der Waals surface area contributed by atoms with Gasteiger partial charge in [-0.05, 0) is 55.5 Å². The first kappa shape index (κ1) is 19.2. The third-order valence-electron chi connectivity index (χ3n) is 5.31. The van der Waals surface area contributed by atoms with Gasteiger partial charge in [0.15, 0.2) is 0 Å². The van der Waals surface area contributed by atoms with Crippen molar-refractivity contribution in [3.8, 4) is 28.3 Å². The van der Waals surface area contributed by atoms with Crippen molar-refractivity contribution in [3.63, 3.8) is 0 Å². The molecule has 0 bridgehead atoms. The summed E-state index contributed by atoms with van der Waals surface area (Å²) in [6.45, 7) is 2.83. The minimum absolute atomic E-state index is 0.282. The smallest absolute Gasteiger partial charge is 0.128 e. The van der Waals surface area contributed by atoms with Gasteiger partial charge in [0.05, 0.1) is 18.7 Å². The van der Waals surface area contributed by atoms with Gasteiger partial charge in [0.25, 0.3) is 0 Å². The number of benzene rings is 3. The first-order valence-electron chi connectivity index (χ1n) is 10.1. The van der Waals surface area contributed by atoms with Crippen LogP contribution in [0.3, 0.4) is 0 Å². The van der Waals surface area contributed by atoms with Crippen molar-refractivity contribution in [2.24, 2.45) is 0 Å². The second kappa shape index (κ2) is 7.80. The Bertz CT molecular complexity index is 1350. The van der Waals surface area contributed by atoms with Crippen molar-refractivity contribution in [2.45, 2.75) is 13.5 Å². The number of hydrogen-bond acceptors (Lipinski definition) is 3. The van der Waals surface area contributed by atoms with E-state index in [1.807, 2.05) is 42.0 Å². The molecule has 0 spiro atoms. The van der Waals surface area contributed by atoms with Crippen molar-refractivity contribution in [1.82, 2.24) is 14.8 Å². The monoisotopic (exact) mass is 415 g/mol. The number of nitrogens with zero attached hydrogens (tertiary/aromatic N) is 3. The Hall–Kier alpha value is -3.80. The molecule has 31 heavy (non-hydrogen) atoms. The summed E-state index contributed by atoms with van der Waals surface area (Å²) in [7, 11) is 0. The Labute approximate surface area is 178 Å². The lowest BCUT2D eigenvalue weighted by atomic mass is 10.0. The number of rotatable bonds is 5. The van der Waals surface area contributed by atoms with Gasteiger partial charge in [-0.15, -0.1) is 10.2 Å². The van der Waals surface area contributed by atoms with Crippen LogP contribution in [0.1, 0.15) is 12.5 Å². The van der Waals surface area contributed by atoms with Crippen LogP contribution < -0.4 is 4.74 Å². The Morgan fingerprint density at radius 1 is 0.903 bits per heavy atom. The quantitative estimate of drug-likeness (QED) is 0.357. The molecule has 0 amide bonds. The van der Waals surface area contributed by atoms with E-state index in [1.165, 1.54) is 18.2 Å². The van der Waals surface area contributed by atoms with E-state index in [-0.39, 0.29) is 11.6 Å². The molecule has 2 aliphatic rings. The number of ether oxygens (including phenoxy) is 1. The maximum atomic E-state index is 14.3. The fourth-order valence-corrected chi connectivity index (χ4v) is 3.84. The van der Waals surface area contributed by atoms with Crippen molar-refractivity contribution in [3.05, 3.63) is 90.1 Å². The first-order valence-corrected chi connectivity index (χ1v) is 10.1. The van der Waals surface area contributed by atoms with E-state index in [9.17, 15) is 8.78 Å². The van der Waals surface area contributed by atoms with Gasteiger partial charge >= 0.3 is 0 Å². The Kier molecular flexibility index (Phi) is 4.82. The van der Waals surface area contributed by atoms with Crippen LogP contribution in [-0.4, -0.2) is 21.4 Å². The van der Waals surface area contributed by atoms with E-state index in [0.29, 0.717) is 35.5 Å². The lowest BCUT2D eigenvalue weighted by Crippen LogP contribution is -2.05. The van der Waals surface area contributed by atoms with Crippen molar-refractivity contribution in [1.29, 1.82) is 0 Å². The molecule has 3 aromatic carbocycles. The number of aromatic nitrogens is 3. The Morgan fingerprint density at radius 2 is 1.68 bits per heavy atom. The minimum atomic E-state index is -0.358. The summed E-state index contributed by atoms with van der Waals surface area (Å²) in [5.41, 5.74) is 4.26. The fraction of sp³-hybridized carbons (Fsp3) is 0.120. The highest BCUT2D eigenvalue weighted by Crippen LogP contribution is 2.37. The van der Waals surface area contributed by atoms with Gasteiger partial charge in [-0.1, -0.05) is 18.2 Å². The van der Waals surface area contributed by atoms with Crippen LogP contribution in [0.5, 0.6) is 5.75 Å². The zero-order chi connectivity index (χ0) is 21.4. The topological polar surface area (TPSA) is 39.9 Å². The van der Waals surface area contributed by atoms with Crippen LogP contribution in [0, 0.1) is 11.6 Å². The molecule has 4 nitrogen and oxygen atoms in total. The molecule has 0 N–H and O–H groups in total. The largest absolute Gasteiger partial charge is 0.494 e. The van der Waals surface area contributed by atoms with Gasteiger partial charge in [0, 0.05) is 28.3 Å². The predicted octanol–water partition coefficient (Wildman–Crippen LogP) is 5.93. The lowest BCUT2D eigenvalue weighted by Gasteiger charge is -2.16. The molecular formula is C25H19F2N3O. The molecule has 0 aliphatic carbocycles. The molecule has 0 saturated heterocycles. The summed E-state index contributed by atoms with van der Waals surface area (Å²) in [5.74, 6) is 0.135. The fourth-order valence-electron chi connectivity index (χ4n) is 3.84. The van der Waals surface area contributed by atoms with Gasteiger partial charge in [0.2, 0.25) is 0 Å². The molecule has 0 atom stereocenters. The maximum absolute atomic E-state index is 14.3. The minimum Gasteiger partial charge on any atom is -0.494 e. The Morgan fingerprint density at radius 3 is 2.45 bits per heavy atom. The lowest BCUT2D eigenvalue weighted by molar-refractivity contribution is 0.340. The average Bonchev–Trinajstić information content (AvgIpc) is 3.20. The van der Waals surface area contributed by atoms with E-state index in [0.717, 1.165) is 22.4 Å². The van der Waals surface area contributed by atoms with Crippen LogP contribution in [0.15, 0.2) is 72.9 Å². The Balaban J connectivity index is 1.68. The van der Waals surface area contributed by atoms with Gasteiger partial charge in [0.1, 0.15) is 28.8 Å². The van der Waals surface area contributed by atoms with Crippen LogP contribution in [0.4, 0.5) is 8.78 Å². The molecule has 2 aliphatic heterocycles. The van der Waals surface area contributed by atoms with Gasteiger partial charge < -0.3 is 9.30 Å². The van der Waals surface area contributed by atoms with E-state index in [4.69, 9.17) is 4.74 Å². The van der Waals surface area contributed by atoms with Crippen LogP contribution in [0.2, 0.25) is 0 Å². The number of halogens is 2. The number of hydrogen-bond donors (Lipinski definition) is 0. The predicted molar refractivity (Wildman–Crippen MR) is 116 cm³/mol. The van der Waals surface area contributed by atoms with E-state index in [1.54, 1.807) is 24.3 Å². The first-order chi connectivity index (χ1) is 15.1. The summed E-state index contributed by atoms with van der Waals surface area (Å²) < 4.78 is 35.9. The van der Waals surface area contributed by atoms with Crippen LogP contribution >= 0.6 is 0 Å². The second-order valence-corrected chi connectivity index (χ2v) is 7.28. The standard InChI is InChI=1S/C25H19F2N3O/c1-2-31-19-10-7-16(8-11-19)24-21-15-30(14-17-5-3-4-6-22(17)27)23-12-9-18(26)13-20(23)25(21)29-28-24/h3-13,15H,2,14H2,1H3. The molecule has 0 fully saturated rings. The van der Waals surface area contributed by atoms with Gasteiger partial charge in [-0.2, -0.15) is 0 Å². The number of fused-ring (bicyclic) bond motifs is 3. The molecule has 154 valence electrons. The summed E-state index contributed by atoms with van der Waals surface area (Å²) in [6, 6.07) is 18.8. The second-order valence-electron chi connectivity index (χ2n) is 7.28. The molecule has 0 radical (unpaired) electrons. The molecule has 3 aromatic rings. The highest BCUT2D eigenvalue weighted by molar-refractivity contribution is 5.98. The third-order valence-corrected chi connectivity index (χ3v) is 5.31. The summed E-state index contributed by atoms with van der Waals surface area (Å²) in [6.07, 6.45) is 1.91. The highest BCUT2D eigenvalue weighted by Gasteiger charge is 2.21. The van der Waals surface area contributed by atoms with Gasteiger partial charge in [-0.25, -0.2) is 8.78 Å². The SMILES string of the molecule is CCOc1ccc(-c2nnc3c4cc(F)ccc4n(Cc4ccccc4F)cc2-3)cc1. The van der Waals surface area contributed by atoms with Crippen LogP contribution in [0.25, 0.3) is 33.4 Å². The highest BCUT2D eigenvalue weighted by atomic mass is 19.1. The summed E-state index contributed by atoms with van der Waals surface area (Å²) in [5, 5.41) is 9.38. The van der Waals surface area contributed by atoms with E-state index < -0.39 is 0 Å². The van der Waals surface area contributed by atoms with E-state index >= 15 is 0 Å². The van der Waals surface area contributed by atoms with Crippen molar-refractivity contribution >= 4 is 10.9 Å². The number of pyridine rings is 1. The van der Waals surface area contributed by atoms with E-state index in [2.05, 4.69) is 10.2 Å². The van der Waals surface area contributed by atoms with Crippen molar-refractivity contribution < 1.29 is 13.5 Å². The molecule has 0 aromatic heterocycles. The third kappa shape index (κ3) is 3.50. The zero-order valence-electron chi connectivity index (χ0n) is 16.8. The summed E-state index contributed by atoms with van der Waals surface area (Å²) >= 11 is 0. The molecular weight excluding hydrogens is 396 g/mol.